The van der Waals surface area contributed by atoms with Crippen LogP contribution in [0.4, 0.5) is 11.5 Å². The van der Waals surface area contributed by atoms with Crippen molar-refractivity contribution in [3.8, 4) is 34.3 Å². The van der Waals surface area contributed by atoms with Crippen LogP contribution in [-0.4, -0.2) is 46.8 Å². The minimum Gasteiger partial charge on any atom is -0.493 e. The highest BCUT2D eigenvalue weighted by molar-refractivity contribution is 5.93. The molecule has 186 valence electrons. The molecule has 5 aromatic rings. The lowest BCUT2D eigenvalue weighted by Crippen LogP contribution is -2.10. The fourth-order valence-corrected chi connectivity index (χ4v) is 3.97. The van der Waals surface area contributed by atoms with Gasteiger partial charge in [0, 0.05) is 34.6 Å². The first-order valence-electron chi connectivity index (χ1n) is 11.3. The van der Waals surface area contributed by atoms with Crippen molar-refractivity contribution in [3.05, 3.63) is 78.6 Å². The zero-order valence-electron chi connectivity index (χ0n) is 20.4. The van der Waals surface area contributed by atoms with Crippen molar-refractivity contribution >= 4 is 28.6 Å². The van der Waals surface area contributed by atoms with Gasteiger partial charge in [-0.25, -0.2) is 15.0 Å². The molecule has 0 aliphatic heterocycles. The number of nitrogens with zero attached hydrogens (tertiary/aromatic N) is 4. The van der Waals surface area contributed by atoms with E-state index in [1.54, 1.807) is 64.1 Å². The number of ether oxygens (including phenoxy) is 3. The van der Waals surface area contributed by atoms with E-state index >= 15 is 0 Å². The van der Waals surface area contributed by atoms with Gasteiger partial charge in [-0.2, -0.15) is 0 Å². The fourth-order valence-electron chi connectivity index (χ4n) is 3.97. The summed E-state index contributed by atoms with van der Waals surface area (Å²) < 4.78 is 18.3. The van der Waals surface area contributed by atoms with E-state index in [0.717, 1.165) is 5.69 Å². The molecule has 5 rings (SSSR count). The summed E-state index contributed by atoms with van der Waals surface area (Å²) in [5, 5.41) is 3.34. The maximum atomic E-state index is 11.5. The van der Waals surface area contributed by atoms with Crippen LogP contribution in [0, 0.1) is 0 Å². The predicted molar refractivity (Wildman–Crippen MR) is 140 cm³/mol. The number of nitrogens with two attached hydrogens (primary N) is 1. The van der Waals surface area contributed by atoms with Crippen molar-refractivity contribution in [3.63, 3.8) is 0 Å². The quantitative estimate of drug-likeness (QED) is 0.325. The number of hydrogen-bond donors (Lipinski definition) is 2. The number of rotatable bonds is 8. The first-order chi connectivity index (χ1) is 18.0. The standard InChI is InChI=1S/C27H24N6O4/c1-35-20-13-18(14-21(36-2)23(20)37-3)30-26-22-27(33(15-29-22)19-7-5-4-6-8-19)32-25(31-26)17-11-9-16(10-12-17)24(28)34/h4-15H,1-3H3,(H2,28,34)(H,30,31,32). The van der Waals surface area contributed by atoms with Gasteiger partial charge in [0.1, 0.15) is 6.33 Å². The molecule has 37 heavy (non-hydrogen) atoms. The maximum absolute atomic E-state index is 11.5. The third-order valence-corrected chi connectivity index (χ3v) is 5.79. The number of amides is 1. The van der Waals surface area contributed by atoms with Crippen LogP contribution in [0.25, 0.3) is 28.2 Å². The Hall–Kier alpha value is -5.12. The van der Waals surface area contributed by atoms with E-state index in [2.05, 4.69) is 10.3 Å². The lowest BCUT2D eigenvalue weighted by molar-refractivity contribution is 0.100. The summed E-state index contributed by atoms with van der Waals surface area (Å²) in [7, 11) is 4.66. The average molecular weight is 497 g/mol. The Bertz CT molecular complexity index is 1560. The third-order valence-electron chi connectivity index (χ3n) is 5.79. The van der Waals surface area contributed by atoms with Gasteiger partial charge in [0.25, 0.3) is 0 Å². The minimum atomic E-state index is -0.505. The molecular formula is C27H24N6O4. The van der Waals surface area contributed by atoms with E-state index in [9.17, 15) is 4.79 Å². The van der Waals surface area contributed by atoms with Crippen molar-refractivity contribution in [2.24, 2.45) is 5.73 Å². The van der Waals surface area contributed by atoms with Crippen LogP contribution in [-0.2, 0) is 0 Å². The molecule has 0 saturated carbocycles. The molecular weight excluding hydrogens is 472 g/mol. The van der Waals surface area contributed by atoms with Gasteiger partial charge in [0.05, 0.1) is 21.3 Å². The summed E-state index contributed by atoms with van der Waals surface area (Å²) in [6.45, 7) is 0. The maximum Gasteiger partial charge on any atom is 0.248 e. The number of methoxy groups -OCH3 is 3. The van der Waals surface area contributed by atoms with Crippen LogP contribution in [0.1, 0.15) is 10.4 Å². The Labute approximate surface area is 212 Å². The van der Waals surface area contributed by atoms with E-state index < -0.39 is 5.91 Å². The number of primary amides is 1. The summed E-state index contributed by atoms with van der Waals surface area (Å²) in [5.74, 6) is 1.87. The van der Waals surface area contributed by atoms with Crippen molar-refractivity contribution in [1.29, 1.82) is 0 Å². The first kappa shape index (κ1) is 23.6. The van der Waals surface area contributed by atoms with Gasteiger partial charge < -0.3 is 25.3 Å². The van der Waals surface area contributed by atoms with Crippen LogP contribution in [0.15, 0.2) is 73.1 Å². The SMILES string of the molecule is COc1cc(Nc2nc(-c3ccc(C(N)=O)cc3)nc3c2ncn3-c2ccccc2)cc(OC)c1OC. The highest BCUT2D eigenvalue weighted by atomic mass is 16.5. The predicted octanol–water partition coefficient (Wildman–Crippen LogP) is 4.35. The summed E-state index contributed by atoms with van der Waals surface area (Å²) in [6.07, 6.45) is 1.70. The van der Waals surface area contributed by atoms with Crippen LogP contribution >= 0.6 is 0 Å². The van der Waals surface area contributed by atoms with E-state index in [4.69, 9.17) is 29.9 Å². The van der Waals surface area contributed by atoms with Crippen LogP contribution in [0.3, 0.4) is 0 Å². The summed E-state index contributed by atoms with van der Waals surface area (Å²) >= 11 is 0. The van der Waals surface area contributed by atoms with Gasteiger partial charge in [-0.15, -0.1) is 0 Å². The Kier molecular flexibility index (Phi) is 6.29. The van der Waals surface area contributed by atoms with Crippen molar-refractivity contribution in [1.82, 2.24) is 19.5 Å². The van der Waals surface area contributed by atoms with Crippen molar-refractivity contribution in [2.45, 2.75) is 0 Å². The average Bonchev–Trinajstić information content (AvgIpc) is 3.37. The topological polar surface area (TPSA) is 126 Å². The van der Waals surface area contributed by atoms with Crippen LogP contribution in [0.2, 0.25) is 0 Å². The lowest BCUT2D eigenvalue weighted by Gasteiger charge is -2.15. The highest BCUT2D eigenvalue weighted by Crippen LogP contribution is 2.41. The molecule has 0 aliphatic rings. The van der Waals surface area contributed by atoms with Crippen molar-refractivity contribution < 1.29 is 19.0 Å². The molecule has 0 spiro atoms. The van der Waals surface area contributed by atoms with Crippen LogP contribution < -0.4 is 25.3 Å². The Morgan fingerprint density at radius 3 is 2.16 bits per heavy atom. The number of anilines is 2. The Morgan fingerprint density at radius 2 is 1.57 bits per heavy atom. The van der Waals surface area contributed by atoms with Gasteiger partial charge in [-0.3, -0.25) is 9.36 Å². The van der Waals surface area contributed by atoms with Gasteiger partial charge in [0.15, 0.2) is 34.3 Å². The van der Waals surface area contributed by atoms with E-state index in [1.807, 2.05) is 34.9 Å². The molecule has 1 amide bonds. The van der Waals surface area contributed by atoms with E-state index in [0.29, 0.717) is 56.9 Å². The number of carbonyl (C=O) groups is 1. The molecule has 0 atom stereocenters. The molecule has 0 radical (unpaired) electrons. The largest absolute Gasteiger partial charge is 0.493 e. The summed E-state index contributed by atoms with van der Waals surface area (Å²) in [4.78, 5) is 25.7. The van der Waals surface area contributed by atoms with Crippen molar-refractivity contribution in [2.75, 3.05) is 26.6 Å². The minimum absolute atomic E-state index is 0.398. The number of carbonyl (C=O) groups excluding carboxylic acids is 1. The number of benzene rings is 3. The van der Waals surface area contributed by atoms with Crippen LogP contribution in [0.5, 0.6) is 17.2 Å². The Balaban J connectivity index is 1.68. The number of nitrogens with one attached hydrogen (secondary N) is 1. The number of fused-ring (bicyclic) bond motifs is 1. The molecule has 0 aliphatic carbocycles. The lowest BCUT2D eigenvalue weighted by atomic mass is 10.1. The highest BCUT2D eigenvalue weighted by Gasteiger charge is 2.18. The van der Waals surface area contributed by atoms with Gasteiger partial charge in [0.2, 0.25) is 11.7 Å². The second-order valence-corrected chi connectivity index (χ2v) is 8.00. The third kappa shape index (κ3) is 4.47. The monoisotopic (exact) mass is 496 g/mol. The Morgan fingerprint density at radius 1 is 0.892 bits per heavy atom. The first-order valence-corrected chi connectivity index (χ1v) is 11.3. The zero-order chi connectivity index (χ0) is 25.9. The number of para-hydroxylation sites is 1. The second kappa shape index (κ2) is 9.86. The molecule has 0 fully saturated rings. The normalized spacial score (nSPS) is 10.8. The van der Waals surface area contributed by atoms with E-state index in [-0.39, 0.29) is 0 Å². The van der Waals surface area contributed by atoms with Gasteiger partial charge in [-0.1, -0.05) is 30.3 Å². The molecule has 3 N–H and O–H groups in total. The van der Waals surface area contributed by atoms with E-state index in [1.165, 1.54) is 0 Å². The number of imidazole rings is 1. The molecule has 0 bridgehead atoms. The molecule has 10 nitrogen and oxygen atoms in total. The number of aromatic nitrogens is 4. The fraction of sp³-hybridized carbons (Fsp3) is 0.111. The summed E-state index contributed by atoms with van der Waals surface area (Å²) in [5.41, 5.74) is 9.23. The summed E-state index contributed by atoms with van der Waals surface area (Å²) in [6, 6.07) is 20.1. The smallest absolute Gasteiger partial charge is 0.248 e. The molecule has 0 unspecified atom stereocenters. The molecule has 2 heterocycles. The molecule has 3 aromatic carbocycles. The molecule has 0 saturated heterocycles. The van der Waals surface area contributed by atoms with Gasteiger partial charge >= 0.3 is 0 Å². The van der Waals surface area contributed by atoms with Gasteiger partial charge in [-0.05, 0) is 24.3 Å². The second-order valence-electron chi connectivity index (χ2n) is 8.00. The molecule has 10 heteroatoms. The number of hydrogen-bond acceptors (Lipinski definition) is 8. The molecule has 2 aromatic heterocycles. The zero-order valence-corrected chi connectivity index (χ0v) is 20.4.